The monoisotopic (exact) mass is 395 g/mol. The van der Waals surface area contributed by atoms with Crippen molar-refractivity contribution in [3.63, 3.8) is 0 Å². The van der Waals surface area contributed by atoms with Crippen molar-refractivity contribution in [2.24, 2.45) is 0 Å². The van der Waals surface area contributed by atoms with E-state index in [9.17, 15) is 14.4 Å². The number of anilines is 1. The van der Waals surface area contributed by atoms with E-state index in [4.69, 9.17) is 16.3 Å². The molecule has 0 bridgehead atoms. The fraction of sp³-hybridized carbons (Fsp3) is 0.294. The van der Waals surface area contributed by atoms with E-state index in [0.717, 1.165) is 10.1 Å². The number of amides is 1. The van der Waals surface area contributed by atoms with Crippen LogP contribution in [0.4, 0.5) is 5.69 Å². The molecule has 0 aliphatic rings. The Kier molecular flexibility index (Phi) is 6.82. The minimum absolute atomic E-state index is 0.138. The third-order valence-electron chi connectivity index (χ3n) is 3.45. The lowest BCUT2D eigenvalue weighted by Crippen LogP contribution is -2.33. The Morgan fingerprint density at radius 3 is 2.73 bits per heavy atom. The number of hydrogen-bond acceptors (Lipinski definition) is 6. The van der Waals surface area contributed by atoms with Gasteiger partial charge in [0.2, 0.25) is 5.91 Å². The van der Waals surface area contributed by atoms with E-state index in [1.54, 1.807) is 31.4 Å². The maximum Gasteiger partial charge on any atom is 0.345 e. The molecule has 1 heterocycles. The lowest BCUT2D eigenvalue weighted by atomic mass is 10.2. The van der Waals surface area contributed by atoms with Crippen LogP contribution >= 0.6 is 23.4 Å². The van der Waals surface area contributed by atoms with Crippen LogP contribution in [0.15, 0.2) is 34.3 Å². The number of hydrogen-bond donors (Lipinski definition) is 1. The number of halogens is 1. The molecule has 1 amide bonds. The summed E-state index contributed by atoms with van der Waals surface area (Å²) < 4.78 is 6.00. The first kappa shape index (κ1) is 20.0. The number of carbonyl (C=O) groups is 2. The molecule has 0 spiro atoms. The highest BCUT2D eigenvalue weighted by molar-refractivity contribution is 7.98. The number of esters is 1. The molecular weight excluding hydrogens is 378 g/mol. The summed E-state index contributed by atoms with van der Waals surface area (Å²) in [7, 11) is 0. The molecule has 0 unspecified atom stereocenters. The predicted molar refractivity (Wildman–Crippen MR) is 101 cm³/mol. The molecule has 2 aromatic rings. The quantitative estimate of drug-likeness (QED) is 0.459. The van der Waals surface area contributed by atoms with Crippen LogP contribution in [-0.4, -0.2) is 34.3 Å². The van der Waals surface area contributed by atoms with E-state index in [1.807, 2.05) is 6.92 Å². The van der Waals surface area contributed by atoms with Crippen molar-refractivity contribution in [2.45, 2.75) is 25.5 Å². The van der Waals surface area contributed by atoms with Gasteiger partial charge >= 0.3 is 5.97 Å². The van der Waals surface area contributed by atoms with Gasteiger partial charge in [0.25, 0.3) is 5.56 Å². The van der Waals surface area contributed by atoms with Gasteiger partial charge in [-0.1, -0.05) is 23.4 Å². The van der Waals surface area contributed by atoms with E-state index in [-0.39, 0.29) is 18.7 Å². The van der Waals surface area contributed by atoms with Crippen molar-refractivity contribution < 1.29 is 14.3 Å². The van der Waals surface area contributed by atoms with Gasteiger partial charge in [-0.15, -0.1) is 0 Å². The largest absolute Gasteiger partial charge is 0.462 e. The molecule has 0 saturated carbocycles. The van der Waals surface area contributed by atoms with Gasteiger partial charge in [0.05, 0.1) is 12.8 Å². The summed E-state index contributed by atoms with van der Waals surface area (Å²) in [4.78, 5) is 40.9. The minimum Gasteiger partial charge on any atom is -0.462 e. The summed E-state index contributed by atoms with van der Waals surface area (Å²) in [6, 6.07) is 5.06. The van der Waals surface area contributed by atoms with Crippen LogP contribution in [0.2, 0.25) is 5.02 Å². The molecule has 1 aromatic carbocycles. The smallest absolute Gasteiger partial charge is 0.345 e. The summed E-state index contributed by atoms with van der Waals surface area (Å²) in [5.74, 6) is -1.18. The molecule has 0 radical (unpaired) electrons. The molecule has 26 heavy (non-hydrogen) atoms. The summed E-state index contributed by atoms with van der Waals surface area (Å²) in [5, 5.41) is 3.62. The van der Waals surface area contributed by atoms with Gasteiger partial charge in [-0.2, -0.15) is 0 Å². The number of aryl methyl sites for hydroxylation is 1. The lowest BCUT2D eigenvalue weighted by molar-refractivity contribution is -0.116. The third-order valence-corrected chi connectivity index (χ3v) is 4.38. The van der Waals surface area contributed by atoms with Gasteiger partial charge in [-0.25, -0.2) is 9.78 Å². The first-order valence-corrected chi connectivity index (χ1v) is 9.34. The first-order valence-electron chi connectivity index (χ1n) is 7.74. The molecule has 138 valence electrons. The van der Waals surface area contributed by atoms with E-state index in [0.29, 0.717) is 15.9 Å². The van der Waals surface area contributed by atoms with Crippen LogP contribution in [-0.2, 0) is 16.1 Å². The highest BCUT2D eigenvalue weighted by Gasteiger charge is 2.19. The molecular formula is C17H18ClN3O4S. The number of benzene rings is 1. The number of nitrogens with zero attached hydrogens (tertiary/aromatic N) is 2. The molecule has 0 atom stereocenters. The number of nitrogens with one attached hydrogen (secondary N) is 1. The van der Waals surface area contributed by atoms with Crippen LogP contribution in [0.3, 0.4) is 0 Å². The lowest BCUT2D eigenvalue weighted by Gasteiger charge is -2.13. The zero-order valence-electron chi connectivity index (χ0n) is 14.5. The van der Waals surface area contributed by atoms with Gasteiger partial charge in [0.1, 0.15) is 12.1 Å². The van der Waals surface area contributed by atoms with E-state index < -0.39 is 17.4 Å². The minimum atomic E-state index is -0.764. The first-order chi connectivity index (χ1) is 12.4. The number of rotatable bonds is 6. The summed E-state index contributed by atoms with van der Waals surface area (Å²) >= 11 is 7.10. The van der Waals surface area contributed by atoms with Crippen LogP contribution < -0.4 is 10.9 Å². The topological polar surface area (TPSA) is 90.3 Å². The molecule has 0 aliphatic carbocycles. The Morgan fingerprint density at radius 1 is 1.38 bits per heavy atom. The van der Waals surface area contributed by atoms with Crippen molar-refractivity contribution >= 4 is 40.9 Å². The maximum atomic E-state index is 12.6. The van der Waals surface area contributed by atoms with Gasteiger partial charge in [-0.3, -0.25) is 14.2 Å². The van der Waals surface area contributed by atoms with Crippen molar-refractivity contribution in [2.75, 3.05) is 18.2 Å². The molecule has 1 aromatic heterocycles. The van der Waals surface area contributed by atoms with Crippen LogP contribution in [0.1, 0.15) is 22.8 Å². The average Bonchev–Trinajstić information content (AvgIpc) is 2.59. The van der Waals surface area contributed by atoms with E-state index in [1.165, 1.54) is 18.0 Å². The van der Waals surface area contributed by atoms with E-state index >= 15 is 0 Å². The average molecular weight is 396 g/mol. The Balaban J connectivity index is 2.29. The second kappa shape index (κ2) is 8.86. The van der Waals surface area contributed by atoms with Crippen molar-refractivity contribution in [1.29, 1.82) is 0 Å². The van der Waals surface area contributed by atoms with Crippen LogP contribution in [0.25, 0.3) is 0 Å². The van der Waals surface area contributed by atoms with Crippen molar-refractivity contribution in [3.05, 3.63) is 50.9 Å². The van der Waals surface area contributed by atoms with Crippen molar-refractivity contribution in [3.8, 4) is 0 Å². The molecule has 9 heteroatoms. The Morgan fingerprint density at radius 2 is 2.12 bits per heavy atom. The zero-order chi connectivity index (χ0) is 19.3. The number of aromatic nitrogens is 2. The standard InChI is InChI=1S/C17H18ClN3O4S/c1-4-25-16(24)12-8-19-17(26-3)21(15(12)23)9-14(22)20-13-6-5-11(18)7-10(13)2/h5-8H,4,9H2,1-3H3,(H,20,22). The second-order valence-corrected chi connectivity index (χ2v) is 6.49. The maximum absolute atomic E-state index is 12.6. The van der Waals surface area contributed by atoms with Crippen LogP contribution in [0, 0.1) is 6.92 Å². The normalized spacial score (nSPS) is 10.5. The number of thioether (sulfide) groups is 1. The molecule has 0 fully saturated rings. The van der Waals surface area contributed by atoms with Gasteiger partial charge < -0.3 is 10.1 Å². The highest BCUT2D eigenvalue weighted by atomic mass is 35.5. The molecule has 0 aliphatic heterocycles. The van der Waals surface area contributed by atoms with Crippen LogP contribution in [0.5, 0.6) is 0 Å². The van der Waals surface area contributed by atoms with Gasteiger partial charge in [0.15, 0.2) is 5.16 Å². The predicted octanol–water partition coefficient (Wildman–Crippen LogP) is 2.74. The van der Waals surface area contributed by atoms with Crippen molar-refractivity contribution in [1.82, 2.24) is 9.55 Å². The molecule has 1 N–H and O–H groups in total. The fourth-order valence-electron chi connectivity index (χ4n) is 2.23. The van der Waals surface area contributed by atoms with Gasteiger partial charge in [-0.05, 0) is 43.9 Å². The Hall–Kier alpha value is -2.32. The Labute approximate surface area is 159 Å². The van der Waals surface area contributed by atoms with E-state index in [2.05, 4.69) is 10.3 Å². The van der Waals surface area contributed by atoms with Gasteiger partial charge in [0, 0.05) is 10.7 Å². The summed E-state index contributed by atoms with van der Waals surface area (Å²) in [5.41, 5.74) is 0.556. The number of carbonyl (C=O) groups excluding carboxylic acids is 2. The highest BCUT2D eigenvalue weighted by Crippen LogP contribution is 2.19. The Bertz CT molecular complexity index is 898. The summed E-state index contributed by atoms with van der Waals surface area (Å²) in [6.45, 7) is 3.31. The molecule has 2 rings (SSSR count). The molecule has 0 saturated heterocycles. The molecule has 7 nitrogen and oxygen atoms in total. The fourth-order valence-corrected chi connectivity index (χ4v) is 2.98. The SMILES string of the molecule is CCOC(=O)c1cnc(SC)n(CC(=O)Nc2ccc(Cl)cc2C)c1=O. The second-order valence-electron chi connectivity index (χ2n) is 5.28. The number of ether oxygens (including phenoxy) is 1. The zero-order valence-corrected chi connectivity index (χ0v) is 16.1. The summed E-state index contributed by atoms with van der Waals surface area (Å²) in [6.07, 6.45) is 2.90. The third kappa shape index (κ3) is 4.64.